The number of pyridine rings is 1. The zero-order chi connectivity index (χ0) is 18.2. The average molecular weight is 446 g/mol. The van der Waals surface area contributed by atoms with Crippen LogP contribution in [0.3, 0.4) is 0 Å². The maximum absolute atomic E-state index is 9.08. The van der Waals surface area contributed by atoms with Crippen molar-refractivity contribution in [1.82, 2.24) is 4.98 Å². The van der Waals surface area contributed by atoms with Gasteiger partial charge in [-0.25, -0.2) is 4.98 Å². The van der Waals surface area contributed by atoms with Gasteiger partial charge in [-0.15, -0.1) is 0 Å². The normalized spacial score (nSPS) is 16.9. The van der Waals surface area contributed by atoms with Gasteiger partial charge in [0.15, 0.2) is 0 Å². The third-order valence-electron chi connectivity index (χ3n) is 4.99. The van der Waals surface area contributed by atoms with Crippen LogP contribution >= 0.6 is 22.6 Å². The first-order chi connectivity index (χ1) is 11.8. The molecule has 1 aliphatic heterocycles. The lowest BCUT2D eigenvalue weighted by Gasteiger charge is -2.41. The molecule has 0 radical (unpaired) electrons. The molecule has 0 spiro atoms. The molecule has 1 aromatic carbocycles. The number of aromatic nitrogens is 1. The van der Waals surface area contributed by atoms with E-state index in [-0.39, 0.29) is 11.5 Å². The highest BCUT2D eigenvalue weighted by Gasteiger charge is 2.32. The Labute approximate surface area is 163 Å². The number of nitriles is 1. The smallest absolute Gasteiger partial charge is 0.140 e. The number of hydrogen-bond acceptors (Lipinski definition) is 4. The molecule has 0 fully saturated rings. The first-order valence-corrected chi connectivity index (χ1v) is 9.59. The number of benzene rings is 1. The fourth-order valence-corrected chi connectivity index (χ4v) is 4.38. The van der Waals surface area contributed by atoms with Crippen LogP contribution in [0.4, 0.5) is 5.69 Å². The molecule has 0 bridgehead atoms. The molecule has 2 aromatic rings. The third-order valence-corrected chi connectivity index (χ3v) is 5.93. The topological polar surface area (TPSA) is 65.9 Å². The first kappa shape index (κ1) is 18.2. The quantitative estimate of drug-likeness (QED) is 0.716. The maximum atomic E-state index is 9.08. The highest BCUT2D eigenvalue weighted by atomic mass is 127. The molecule has 0 saturated carbocycles. The van der Waals surface area contributed by atoms with Crippen LogP contribution in [0.25, 0.3) is 0 Å². The molecular formula is C20H23IN4. The van der Waals surface area contributed by atoms with Crippen molar-refractivity contribution < 1.29 is 0 Å². The van der Waals surface area contributed by atoms with E-state index in [0.29, 0.717) is 5.69 Å². The van der Waals surface area contributed by atoms with Crippen molar-refractivity contribution in [1.29, 1.82) is 5.26 Å². The van der Waals surface area contributed by atoms with E-state index in [4.69, 9.17) is 11.0 Å². The van der Waals surface area contributed by atoms with E-state index >= 15 is 0 Å². The molecule has 2 heterocycles. The molecule has 1 atom stereocenters. The molecule has 25 heavy (non-hydrogen) atoms. The summed E-state index contributed by atoms with van der Waals surface area (Å²) in [6.07, 6.45) is 2.81. The number of nitrogens with zero attached hydrogens (tertiary/aromatic N) is 3. The van der Waals surface area contributed by atoms with E-state index in [1.807, 2.05) is 19.1 Å². The van der Waals surface area contributed by atoms with Gasteiger partial charge in [0.2, 0.25) is 0 Å². The Morgan fingerprint density at radius 3 is 2.84 bits per heavy atom. The van der Waals surface area contributed by atoms with Gasteiger partial charge in [0.25, 0.3) is 0 Å². The molecule has 1 aromatic heterocycles. The molecule has 1 aliphatic rings. The maximum Gasteiger partial charge on any atom is 0.140 e. The SMILES string of the molecule is CC(N)c1cc2c(cc1I)C(C)(C)CCN2Cc1ccnc(C#N)c1. The molecular weight excluding hydrogens is 423 g/mol. The molecule has 0 aliphatic carbocycles. The van der Waals surface area contributed by atoms with E-state index in [0.717, 1.165) is 25.1 Å². The van der Waals surface area contributed by atoms with Crippen molar-refractivity contribution in [2.45, 2.75) is 45.2 Å². The van der Waals surface area contributed by atoms with Crippen LogP contribution in [0.15, 0.2) is 30.5 Å². The zero-order valence-electron chi connectivity index (χ0n) is 14.9. The van der Waals surface area contributed by atoms with Gasteiger partial charge in [-0.3, -0.25) is 0 Å². The van der Waals surface area contributed by atoms with Gasteiger partial charge < -0.3 is 10.6 Å². The summed E-state index contributed by atoms with van der Waals surface area (Å²) in [6.45, 7) is 8.42. The fraction of sp³-hybridized carbons (Fsp3) is 0.400. The van der Waals surface area contributed by atoms with Gasteiger partial charge >= 0.3 is 0 Å². The van der Waals surface area contributed by atoms with E-state index in [2.05, 4.69) is 64.5 Å². The predicted octanol–water partition coefficient (Wildman–Crippen LogP) is 4.27. The number of rotatable bonds is 3. The number of fused-ring (bicyclic) bond motifs is 1. The average Bonchev–Trinajstić information content (AvgIpc) is 2.57. The monoisotopic (exact) mass is 446 g/mol. The Kier molecular flexibility index (Phi) is 5.03. The minimum atomic E-state index is 0.00945. The Hall–Kier alpha value is -1.65. The Bertz CT molecular complexity index is 836. The van der Waals surface area contributed by atoms with E-state index in [1.54, 1.807) is 6.20 Å². The van der Waals surface area contributed by atoms with Gasteiger partial charge in [-0.1, -0.05) is 13.8 Å². The second kappa shape index (κ2) is 6.93. The molecule has 4 nitrogen and oxygen atoms in total. The van der Waals surface area contributed by atoms with Gasteiger partial charge in [-0.05, 0) is 82.3 Å². The standard InChI is InChI=1S/C20H23IN4/c1-13(23)16-9-19-17(10-18(16)21)20(2,3)5-7-25(19)12-14-4-6-24-15(8-14)11-22/h4,6,8-10,13H,5,7,12,23H2,1-3H3. The van der Waals surface area contributed by atoms with E-state index in [9.17, 15) is 0 Å². The predicted molar refractivity (Wildman–Crippen MR) is 109 cm³/mol. The Morgan fingerprint density at radius 1 is 1.40 bits per heavy atom. The van der Waals surface area contributed by atoms with Crippen molar-refractivity contribution in [3.8, 4) is 6.07 Å². The summed E-state index contributed by atoms with van der Waals surface area (Å²) in [6, 6.07) is 10.5. The molecule has 0 amide bonds. The summed E-state index contributed by atoms with van der Waals surface area (Å²) < 4.78 is 1.23. The summed E-state index contributed by atoms with van der Waals surface area (Å²) in [5, 5.41) is 9.08. The van der Waals surface area contributed by atoms with Crippen LogP contribution in [0.1, 0.15) is 55.6 Å². The van der Waals surface area contributed by atoms with Gasteiger partial charge in [-0.2, -0.15) is 5.26 Å². The lowest BCUT2D eigenvalue weighted by atomic mass is 9.77. The Balaban J connectivity index is 2.03. The largest absolute Gasteiger partial charge is 0.367 e. The van der Waals surface area contributed by atoms with Crippen LogP contribution in [0.2, 0.25) is 0 Å². The third kappa shape index (κ3) is 3.65. The van der Waals surface area contributed by atoms with Crippen LogP contribution < -0.4 is 10.6 Å². The fourth-order valence-electron chi connectivity index (χ4n) is 3.42. The van der Waals surface area contributed by atoms with Crippen molar-refractivity contribution in [3.63, 3.8) is 0 Å². The van der Waals surface area contributed by atoms with Gasteiger partial charge in [0, 0.05) is 34.6 Å². The van der Waals surface area contributed by atoms with Crippen molar-refractivity contribution in [2.24, 2.45) is 5.73 Å². The molecule has 2 N–H and O–H groups in total. The number of anilines is 1. The van der Waals surface area contributed by atoms with Gasteiger partial charge in [0.1, 0.15) is 11.8 Å². The van der Waals surface area contributed by atoms with Crippen molar-refractivity contribution >= 4 is 28.3 Å². The second-order valence-electron chi connectivity index (χ2n) is 7.40. The minimum absolute atomic E-state index is 0.00945. The van der Waals surface area contributed by atoms with Crippen LogP contribution in [0, 0.1) is 14.9 Å². The van der Waals surface area contributed by atoms with E-state index < -0.39 is 0 Å². The zero-order valence-corrected chi connectivity index (χ0v) is 17.0. The van der Waals surface area contributed by atoms with Gasteiger partial charge in [0.05, 0.1) is 0 Å². The minimum Gasteiger partial charge on any atom is -0.367 e. The van der Waals surface area contributed by atoms with Crippen LogP contribution in [0.5, 0.6) is 0 Å². The molecule has 3 rings (SSSR count). The van der Waals surface area contributed by atoms with Crippen LogP contribution in [-0.4, -0.2) is 11.5 Å². The highest BCUT2D eigenvalue weighted by Crippen LogP contribution is 2.42. The van der Waals surface area contributed by atoms with Crippen molar-refractivity contribution in [3.05, 3.63) is 56.4 Å². The number of nitrogens with two attached hydrogens (primary N) is 1. The van der Waals surface area contributed by atoms with E-state index in [1.165, 1.54) is 20.4 Å². The lowest BCUT2D eigenvalue weighted by molar-refractivity contribution is 0.452. The molecule has 1 unspecified atom stereocenters. The summed E-state index contributed by atoms with van der Waals surface area (Å²) in [5.41, 5.74) is 11.7. The molecule has 5 heteroatoms. The van der Waals surface area contributed by atoms with Crippen molar-refractivity contribution in [2.75, 3.05) is 11.4 Å². The summed E-state index contributed by atoms with van der Waals surface area (Å²) in [7, 11) is 0. The number of halogens is 1. The summed E-state index contributed by atoms with van der Waals surface area (Å²) >= 11 is 2.40. The summed E-state index contributed by atoms with van der Waals surface area (Å²) in [5.74, 6) is 0. The molecule has 0 saturated heterocycles. The number of hydrogen-bond donors (Lipinski definition) is 1. The Morgan fingerprint density at radius 2 is 2.16 bits per heavy atom. The second-order valence-corrected chi connectivity index (χ2v) is 8.56. The summed E-state index contributed by atoms with van der Waals surface area (Å²) in [4.78, 5) is 6.47. The first-order valence-electron chi connectivity index (χ1n) is 8.51. The molecule has 130 valence electrons. The lowest BCUT2D eigenvalue weighted by Crippen LogP contribution is -2.37. The highest BCUT2D eigenvalue weighted by molar-refractivity contribution is 14.1. The van der Waals surface area contributed by atoms with Crippen LogP contribution in [-0.2, 0) is 12.0 Å².